The van der Waals surface area contributed by atoms with Crippen molar-refractivity contribution in [2.45, 2.75) is 0 Å². The molecule has 7 nitrogen and oxygen atoms in total. The fourth-order valence-corrected chi connectivity index (χ4v) is 2.63. The average molecular weight is 424 g/mol. The topological polar surface area (TPSA) is 85.9 Å². The summed E-state index contributed by atoms with van der Waals surface area (Å²) in [6, 6.07) is 19.1. The Morgan fingerprint density at radius 1 is 0.742 bits per heavy atom. The Morgan fingerprint density at radius 2 is 1.26 bits per heavy atom. The molecule has 0 aromatic heterocycles. The third-order valence-corrected chi connectivity index (χ3v) is 4.09. The van der Waals surface area contributed by atoms with Gasteiger partial charge in [-0.1, -0.05) is 24.3 Å². The molecule has 0 bridgehead atoms. The van der Waals surface area contributed by atoms with Gasteiger partial charge < -0.3 is 24.8 Å². The lowest BCUT2D eigenvalue weighted by Crippen LogP contribution is -2.23. The van der Waals surface area contributed by atoms with E-state index in [0.29, 0.717) is 28.6 Å². The number of anilines is 2. The number of rotatable bonds is 9. The zero-order valence-electron chi connectivity index (χ0n) is 16.8. The fraction of sp³-hybridized carbons (Fsp3) is 0.130. The number of ether oxygens (including phenoxy) is 3. The first-order valence-corrected chi connectivity index (χ1v) is 9.38. The summed E-state index contributed by atoms with van der Waals surface area (Å²) < 4.78 is 28.9. The number of methoxy groups -OCH3 is 1. The first-order chi connectivity index (χ1) is 15.0. The Morgan fingerprint density at radius 3 is 1.84 bits per heavy atom. The molecule has 0 saturated carbocycles. The second kappa shape index (κ2) is 10.6. The van der Waals surface area contributed by atoms with Crippen LogP contribution in [0.1, 0.15) is 0 Å². The molecule has 3 aromatic rings. The molecule has 3 aromatic carbocycles. The summed E-state index contributed by atoms with van der Waals surface area (Å²) in [6.45, 7) is -0.513. The van der Waals surface area contributed by atoms with Gasteiger partial charge in [-0.2, -0.15) is 0 Å². The Kier molecular flexibility index (Phi) is 7.42. The third-order valence-electron chi connectivity index (χ3n) is 4.09. The van der Waals surface area contributed by atoms with E-state index in [9.17, 15) is 14.0 Å². The molecule has 0 aliphatic rings. The molecule has 0 spiro atoms. The summed E-state index contributed by atoms with van der Waals surface area (Å²) >= 11 is 0. The van der Waals surface area contributed by atoms with Gasteiger partial charge in [-0.05, 0) is 48.5 Å². The lowest BCUT2D eigenvalue weighted by atomic mass is 10.2. The van der Waals surface area contributed by atoms with Crippen LogP contribution in [0.15, 0.2) is 72.8 Å². The van der Waals surface area contributed by atoms with Crippen LogP contribution in [0.4, 0.5) is 15.8 Å². The summed E-state index contributed by atoms with van der Waals surface area (Å²) in [6.07, 6.45) is 0. The van der Waals surface area contributed by atoms with Crippen LogP contribution in [0.2, 0.25) is 0 Å². The number of hydrogen-bond acceptors (Lipinski definition) is 5. The first-order valence-electron chi connectivity index (χ1n) is 9.38. The number of amides is 2. The van der Waals surface area contributed by atoms with Crippen LogP contribution in [-0.4, -0.2) is 32.1 Å². The van der Waals surface area contributed by atoms with Crippen LogP contribution in [0.3, 0.4) is 0 Å². The summed E-state index contributed by atoms with van der Waals surface area (Å²) in [5.41, 5.74) is 0.812. The Labute approximate surface area is 178 Å². The number of carbonyl (C=O) groups excluding carboxylic acids is 2. The predicted octanol–water partition coefficient (Wildman–Crippen LogP) is 3.87. The third kappa shape index (κ3) is 6.46. The predicted molar refractivity (Wildman–Crippen MR) is 114 cm³/mol. The molecule has 8 heteroatoms. The van der Waals surface area contributed by atoms with E-state index in [1.807, 2.05) is 0 Å². The van der Waals surface area contributed by atoms with E-state index in [1.54, 1.807) is 48.5 Å². The average Bonchev–Trinajstić information content (AvgIpc) is 2.79. The van der Waals surface area contributed by atoms with Crippen molar-refractivity contribution in [3.05, 3.63) is 78.6 Å². The molecule has 0 aliphatic heterocycles. The highest BCUT2D eigenvalue weighted by Crippen LogP contribution is 2.26. The molecule has 0 heterocycles. The smallest absolute Gasteiger partial charge is 0.262 e. The van der Waals surface area contributed by atoms with Gasteiger partial charge in [0.05, 0.1) is 18.5 Å². The van der Waals surface area contributed by atoms with E-state index >= 15 is 0 Å². The molecule has 0 fully saturated rings. The SMILES string of the molecule is COc1ccccc1OCC(=O)Nc1ccccc1NC(=O)COc1ccc(F)cc1. The van der Waals surface area contributed by atoms with Crippen LogP contribution in [-0.2, 0) is 9.59 Å². The lowest BCUT2D eigenvalue weighted by Gasteiger charge is -2.14. The van der Waals surface area contributed by atoms with Crippen molar-refractivity contribution >= 4 is 23.2 Å². The van der Waals surface area contributed by atoms with E-state index in [1.165, 1.54) is 31.4 Å². The minimum atomic E-state index is -0.434. The van der Waals surface area contributed by atoms with E-state index in [2.05, 4.69) is 10.6 Å². The van der Waals surface area contributed by atoms with Gasteiger partial charge in [-0.3, -0.25) is 9.59 Å². The number of para-hydroxylation sites is 4. The van der Waals surface area contributed by atoms with Gasteiger partial charge in [-0.15, -0.1) is 0 Å². The maximum atomic E-state index is 12.9. The molecule has 2 amide bonds. The van der Waals surface area contributed by atoms with E-state index in [4.69, 9.17) is 14.2 Å². The molecule has 0 aliphatic carbocycles. The van der Waals surface area contributed by atoms with Crippen molar-refractivity contribution in [3.63, 3.8) is 0 Å². The number of nitrogens with one attached hydrogen (secondary N) is 2. The van der Waals surface area contributed by atoms with Gasteiger partial charge in [0.25, 0.3) is 11.8 Å². The lowest BCUT2D eigenvalue weighted by molar-refractivity contribution is -0.119. The van der Waals surface area contributed by atoms with Crippen LogP contribution >= 0.6 is 0 Å². The van der Waals surface area contributed by atoms with Gasteiger partial charge in [-0.25, -0.2) is 4.39 Å². The van der Waals surface area contributed by atoms with Gasteiger partial charge >= 0.3 is 0 Å². The second-order valence-corrected chi connectivity index (χ2v) is 6.32. The fourth-order valence-electron chi connectivity index (χ4n) is 2.63. The van der Waals surface area contributed by atoms with Crippen molar-refractivity contribution in [1.29, 1.82) is 0 Å². The van der Waals surface area contributed by atoms with Crippen molar-refractivity contribution in [2.75, 3.05) is 31.0 Å². The number of carbonyl (C=O) groups is 2. The monoisotopic (exact) mass is 424 g/mol. The molecule has 0 radical (unpaired) electrons. The zero-order valence-corrected chi connectivity index (χ0v) is 16.8. The van der Waals surface area contributed by atoms with Gasteiger partial charge in [0.1, 0.15) is 11.6 Å². The highest BCUT2D eigenvalue weighted by Gasteiger charge is 2.12. The first kappa shape index (κ1) is 21.6. The van der Waals surface area contributed by atoms with Crippen LogP contribution in [0.5, 0.6) is 17.2 Å². The standard InChI is InChI=1S/C23H21FN2O5/c1-29-20-8-4-5-9-21(20)31-15-23(28)26-19-7-3-2-6-18(19)25-22(27)14-30-17-12-10-16(24)11-13-17/h2-13H,14-15H2,1H3,(H,25,27)(H,26,28). The Bertz CT molecular complexity index is 1040. The second-order valence-electron chi connectivity index (χ2n) is 6.32. The van der Waals surface area contributed by atoms with Crippen LogP contribution in [0, 0.1) is 5.82 Å². The quantitative estimate of drug-likeness (QED) is 0.545. The molecule has 0 saturated heterocycles. The molecular weight excluding hydrogens is 403 g/mol. The van der Waals surface area contributed by atoms with Crippen LogP contribution < -0.4 is 24.8 Å². The van der Waals surface area contributed by atoms with Crippen molar-refractivity contribution < 1.29 is 28.2 Å². The molecule has 3 rings (SSSR count). The van der Waals surface area contributed by atoms with Crippen LogP contribution in [0.25, 0.3) is 0 Å². The number of hydrogen-bond donors (Lipinski definition) is 2. The van der Waals surface area contributed by atoms with Gasteiger partial charge in [0.2, 0.25) is 0 Å². The number of halogens is 1. The van der Waals surface area contributed by atoms with E-state index in [0.717, 1.165) is 0 Å². The Balaban J connectivity index is 1.54. The molecular formula is C23H21FN2O5. The molecule has 0 unspecified atom stereocenters. The molecule has 2 N–H and O–H groups in total. The Hall–Kier alpha value is -4.07. The summed E-state index contributed by atoms with van der Waals surface area (Å²) in [4.78, 5) is 24.5. The van der Waals surface area contributed by atoms with E-state index in [-0.39, 0.29) is 13.2 Å². The van der Waals surface area contributed by atoms with Crippen molar-refractivity contribution in [2.24, 2.45) is 0 Å². The van der Waals surface area contributed by atoms with E-state index < -0.39 is 17.6 Å². The molecule has 160 valence electrons. The van der Waals surface area contributed by atoms with Gasteiger partial charge in [0, 0.05) is 0 Å². The number of benzene rings is 3. The summed E-state index contributed by atoms with van der Waals surface area (Å²) in [7, 11) is 1.51. The minimum absolute atomic E-state index is 0.240. The largest absolute Gasteiger partial charge is 0.493 e. The van der Waals surface area contributed by atoms with Crippen molar-refractivity contribution in [3.8, 4) is 17.2 Å². The van der Waals surface area contributed by atoms with Gasteiger partial charge in [0.15, 0.2) is 24.7 Å². The maximum absolute atomic E-state index is 12.9. The highest BCUT2D eigenvalue weighted by molar-refractivity contribution is 6.00. The minimum Gasteiger partial charge on any atom is -0.493 e. The van der Waals surface area contributed by atoms with Crippen molar-refractivity contribution in [1.82, 2.24) is 0 Å². The normalized spacial score (nSPS) is 10.1. The summed E-state index contributed by atoms with van der Waals surface area (Å²) in [5.74, 6) is 0.0954. The molecule has 0 atom stereocenters. The maximum Gasteiger partial charge on any atom is 0.262 e. The highest BCUT2D eigenvalue weighted by atomic mass is 19.1. The zero-order chi connectivity index (χ0) is 22.1. The summed E-state index contributed by atoms with van der Waals surface area (Å²) in [5, 5.41) is 5.38. The molecule has 31 heavy (non-hydrogen) atoms.